The maximum Gasteiger partial charge on any atom is 0.326 e. The first-order chi connectivity index (χ1) is 12.1. The van der Waals surface area contributed by atoms with E-state index in [1.165, 1.54) is 0 Å². The number of urea groups is 1. The van der Waals surface area contributed by atoms with E-state index in [1.54, 1.807) is 0 Å². The number of amides is 2. The second-order valence-electron chi connectivity index (χ2n) is 6.43. The highest BCUT2D eigenvalue weighted by Crippen LogP contribution is 2.03. The fourth-order valence-electron chi connectivity index (χ4n) is 2.13. The molecule has 0 aliphatic rings. The zero-order valence-corrected chi connectivity index (χ0v) is 15.2. The van der Waals surface area contributed by atoms with E-state index < -0.39 is 42.4 Å². The summed E-state index contributed by atoms with van der Waals surface area (Å²) in [4.78, 5) is 44.6. The molecule has 0 fully saturated rings. The van der Waals surface area contributed by atoms with Gasteiger partial charge in [0.25, 0.3) is 0 Å². The smallest absolute Gasteiger partial charge is 0.326 e. The lowest BCUT2D eigenvalue weighted by Crippen LogP contribution is -2.51. The Kier molecular flexibility index (Phi) is 11.8. The third-order valence-electron chi connectivity index (χ3n) is 3.50. The van der Waals surface area contributed by atoms with Gasteiger partial charge < -0.3 is 31.3 Å². The molecule has 0 saturated heterocycles. The summed E-state index contributed by atoms with van der Waals surface area (Å²) in [6, 6.07) is -3.50. The lowest BCUT2D eigenvalue weighted by molar-refractivity contribution is -0.140. The van der Waals surface area contributed by atoms with Crippen molar-refractivity contribution in [2.75, 3.05) is 13.1 Å². The fourth-order valence-corrected chi connectivity index (χ4v) is 2.13. The van der Waals surface area contributed by atoms with Crippen molar-refractivity contribution in [2.45, 2.75) is 58.0 Å². The van der Waals surface area contributed by atoms with E-state index in [9.17, 15) is 19.2 Å². The van der Waals surface area contributed by atoms with Crippen LogP contribution in [-0.2, 0) is 14.4 Å². The molecule has 0 saturated carbocycles. The average molecular weight is 375 g/mol. The van der Waals surface area contributed by atoms with Crippen LogP contribution in [0.3, 0.4) is 0 Å². The van der Waals surface area contributed by atoms with Gasteiger partial charge in [-0.2, -0.15) is 0 Å². The highest BCUT2D eigenvalue weighted by molar-refractivity contribution is 5.86. The Hall–Kier alpha value is -2.36. The summed E-state index contributed by atoms with van der Waals surface area (Å²) in [6.45, 7) is 5.77. The van der Waals surface area contributed by atoms with Gasteiger partial charge in [-0.3, -0.25) is 4.79 Å². The van der Waals surface area contributed by atoms with Crippen LogP contribution >= 0.6 is 0 Å². The molecule has 2 unspecified atom stereocenters. The molecule has 150 valence electrons. The Balaban J connectivity index is 4.33. The van der Waals surface area contributed by atoms with E-state index in [2.05, 4.69) is 29.8 Å². The van der Waals surface area contributed by atoms with Gasteiger partial charge in [-0.15, -0.1) is 0 Å². The molecule has 6 N–H and O–H groups in total. The fraction of sp³-hybridized carbons (Fsp3) is 0.750. The van der Waals surface area contributed by atoms with Crippen LogP contribution in [0.5, 0.6) is 0 Å². The Morgan fingerprint density at radius 2 is 1.38 bits per heavy atom. The number of carboxylic acid groups (broad SMARTS) is 3. The second kappa shape index (κ2) is 12.9. The minimum atomic E-state index is -1.40. The molecule has 2 atom stereocenters. The van der Waals surface area contributed by atoms with E-state index in [4.69, 9.17) is 15.3 Å². The number of carbonyl (C=O) groups is 4. The molecule has 26 heavy (non-hydrogen) atoms. The molecule has 0 radical (unpaired) electrons. The minimum Gasteiger partial charge on any atom is -0.481 e. The molecule has 0 heterocycles. The molecule has 0 bridgehead atoms. The topological polar surface area (TPSA) is 165 Å². The van der Waals surface area contributed by atoms with Crippen molar-refractivity contribution >= 4 is 23.9 Å². The van der Waals surface area contributed by atoms with E-state index in [-0.39, 0.29) is 12.8 Å². The van der Waals surface area contributed by atoms with E-state index >= 15 is 0 Å². The summed E-state index contributed by atoms with van der Waals surface area (Å²) in [5.41, 5.74) is 0. The molecular formula is C16H29N3O7. The van der Waals surface area contributed by atoms with Gasteiger partial charge in [0.15, 0.2) is 0 Å². The Morgan fingerprint density at radius 3 is 1.85 bits per heavy atom. The van der Waals surface area contributed by atoms with Crippen LogP contribution in [0, 0.1) is 5.92 Å². The largest absolute Gasteiger partial charge is 0.481 e. The van der Waals surface area contributed by atoms with Crippen molar-refractivity contribution in [2.24, 2.45) is 5.92 Å². The van der Waals surface area contributed by atoms with Crippen LogP contribution in [0.25, 0.3) is 0 Å². The van der Waals surface area contributed by atoms with Gasteiger partial charge >= 0.3 is 23.9 Å². The number of carbonyl (C=O) groups excluding carboxylic acids is 1. The van der Waals surface area contributed by atoms with Crippen LogP contribution in [0.2, 0.25) is 0 Å². The molecule has 0 rings (SSSR count). The lowest BCUT2D eigenvalue weighted by atomic mass is 10.1. The zero-order valence-electron chi connectivity index (χ0n) is 15.2. The summed E-state index contributed by atoms with van der Waals surface area (Å²) in [7, 11) is 0. The van der Waals surface area contributed by atoms with Crippen molar-refractivity contribution in [1.82, 2.24) is 16.0 Å². The van der Waals surface area contributed by atoms with Crippen molar-refractivity contribution < 1.29 is 34.5 Å². The van der Waals surface area contributed by atoms with E-state index in [0.717, 1.165) is 19.5 Å². The number of unbranched alkanes of at least 4 members (excludes halogenated alkanes) is 1. The lowest BCUT2D eigenvalue weighted by Gasteiger charge is -2.18. The molecule has 0 aromatic carbocycles. The van der Waals surface area contributed by atoms with Gasteiger partial charge in [-0.05, 0) is 44.7 Å². The first-order valence-electron chi connectivity index (χ1n) is 8.58. The molecule has 0 aromatic rings. The number of hydrogen-bond donors (Lipinski definition) is 6. The summed E-state index contributed by atoms with van der Waals surface area (Å²) in [5, 5.41) is 34.3. The van der Waals surface area contributed by atoms with Gasteiger partial charge in [0.2, 0.25) is 0 Å². The molecule has 0 aliphatic carbocycles. The molecular weight excluding hydrogens is 346 g/mol. The highest BCUT2D eigenvalue weighted by Gasteiger charge is 2.24. The SMILES string of the molecule is CC(C)CNCCCCC(NC(=O)NC(CCC(=O)O)C(=O)O)C(=O)O. The van der Waals surface area contributed by atoms with Gasteiger partial charge in [0.05, 0.1) is 0 Å². The highest BCUT2D eigenvalue weighted by atomic mass is 16.4. The van der Waals surface area contributed by atoms with Gasteiger partial charge in [0, 0.05) is 6.42 Å². The number of carboxylic acids is 3. The van der Waals surface area contributed by atoms with Crippen molar-refractivity contribution in [3.63, 3.8) is 0 Å². The summed E-state index contributed by atoms with van der Waals surface area (Å²) < 4.78 is 0. The van der Waals surface area contributed by atoms with E-state index in [0.29, 0.717) is 12.3 Å². The van der Waals surface area contributed by atoms with Crippen LogP contribution < -0.4 is 16.0 Å². The summed E-state index contributed by atoms with van der Waals surface area (Å²) >= 11 is 0. The third kappa shape index (κ3) is 12.1. The maximum absolute atomic E-state index is 11.8. The van der Waals surface area contributed by atoms with Crippen LogP contribution in [0.15, 0.2) is 0 Å². The first kappa shape index (κ1) is 23.6. The number of nitrogens with one attached hydrogen (secondary N) is 3. The van der Waals surface area contributed by atoms with Gasteiger partial charge in [-0.1, -0.05) is 13.8 Å². The standard InChI is InChI=1S/C16H29N3O7/c1-10(2)9-17-8-4-3-5-11(14(22)23)18-16(26)19-12(15(24)25)6-7-13(20)21/h10-12,17H,3-9H2,1-2H3,(H,20,21)(H,22,23)(H,24,25)(H2,18,19,26). The quantitative estimate of drug-likeness (QED) is 0.238. The molecule has 0 aromatic heterocycles. The van der Waals surface area contributed by atoms with Gasteiger partial charge in [0.1, 0.15) is 12.1 Å². The first-order valence-corrected chi connectivity index (χ1v) is 8.58. The molecule has 2 amide bonds. The van der Waals surface area contributed by atoms with Crippen molar-refractivity contribution in [3.8, 4) is 0 Å². The normalized spacial score (nSPS) is 13.0. The number of hydrogen-bond acceptors (Lipinski definition) is 5. The number of aliphatic carboxylic acids is 3. The molecule has 0 aliphatic heterocycles. The monoisotopic (exact) mass is 375 g/mol. The summed E-state index contributed by atoms with van der Waals surface area (Å²) in [6.07, 6.45) is 0.805. The van der Waals surface area contributed by atoms with Crippen molar-refractivity contribution in [3.05, 3.63) is 0 Å². The zero-order chi connectivity index (χ0) is 20.1. The van der Waals surface area contributed by atoms with Gasteiger partial charge in [-0.25, -0.2) is 14.4 Å². The number of rotatable bonds is 14. The molecule has 0 spiro atoms. The van der Waals surface area contributed by atoms with E-state index in [1.807, 2.05) is 0 Å². The Labute approximate surface area is 152 Å². The average Bonchev–Trinajstić information content (AvgIpc) is 2.52. The van der Waals surface area contributed by atoms with Crippen LogP contribution in [0.1, 0.15) is 46.0 Å². The predicted molar refractivity (Wildman–Crippen MR) is 92.9 cm³/mol. The maximum atomic E-state index is 11.8. The summed E-state index contributed by atoms with van der Waals surface area (Å²) in [5.74, 6) is -3.26. The third-order valence-corrected chi connectivity index (χ3v) is 3.50. The van der Waals surface area contributed by atoms with Crippen LogP contribution in [0.4, 0.5) is 4.79 Å². The Bertz CT molecular complexity index is 482. The molecule has 10 nitrogen and oxygen atoms in total. The Morgan fingerprint density at radius 1 is 0.846 bits per heavy atom. The van der Waals surface area contributed by atoms with Crippen LogP contribution in [-0.4, -0.2) is 64.4 Å². The van der Waals surface area contributed by atoms with Crippen molar-refractivity contribution in [1.29, 1.82) is 0 Å². The molecule has 10 heteroatoms. The predicted octanol–water partition coefficient (Wildman–Crippen LogP) is 0.473. The minimum absolute atomic E-state index is 0.207. The second-order valence-corrected chi connectivity index (χ2v) is 6.43.